The maximum atomic E-state index is 10.7. The predicted molar refractivity (Wildman–Crippen MR) is 45.8 cm³/mol. The van der Waals surface area contributed by atoms with Crippen LogP contribution in [0.3, 0.4) is 0 Å². The van der Waals surface area contributed by atoms with E-state index >= 15 is 0 Å². The van der Waals surface area contributed by atoms with Crippen LogP contribution in [0, 0.1) is 5.92 Å². The molecule has 1 nitrogen and oxygen atoms in total. The second kappa shape index (κ2) is 2.78. The summed E-state index contributed by atoms with van der Waals surface area (Å²) < 4.78 is 0. The fraction of sp³-hybridized carbons (Fsp3) is 0.444. The minimum absolute atomic E-state index is 0.204. The maximum Gasteiger partial charge on any atom is 0.128 e. The summed E-state index contributed by atoms with van der Waals surface area (Å²) in [4.78, 5) is 11.9. The van der Waals surface area contributed by atoms with Crippen molar-refractivity contribution in [2.45, 2.75) is 18.8 Å². The number of thiophene rings is 1. The Morgan fingerprint density at radius 3 is 2.91 bits per heavy atom. The lowest BCUT2D eigenvalue weighted by Crippen LogP contribution is -1.99. The van der Waals surface area contributed by atoms with E-state index in [0.717, 1.165) is 6.29 Å². The largest absolute Gasteiger partial charge is 0.303 e. The molecule has 1 aromatic rings. The summed E-state index contributed by atoms with van der Waals surface area (Å²) in [6.07, 6.45) is 3.58. The van der Waals surface area contributed by atoms with Gasteiger partial charge in [0.05, 0.1) is 5.92 Å². The van der Waals surface area contributed by atoms with Crippen LogP contribution in [0.5, 0.6) is 0 Å². The van der Waals surface area contributed by atoms with Crippen LogP contribution in [-0.4, -0.2) is 6.29 Å². The Morgan fingerprint density at radius 2 is 2.45 bits per heavy atom. The van der Waals surface area contributed by atoms with E-state index in [1.165, 1.54) is 17.7 Å². The molecule has 1 atom stereocenters. The molecule has 2 rings (SSSR count). The Morgan fingerprint density at radius 1 is 1.64 bits per heavy atom. The quantitative estimate of drug-likeness (QED) is 0.630. The van der Waals surface area contributed by atoms with Crippen molar-refractivity contribution in [2.75, 3.05) is 0 Å². The summed E-state index contributed by atoms with van der Waals surface area (Å²) in [5.74, 6) is 0.862. The van der Waals surface area contributed by atoms with Crippen LogP contribution in [0.4, 0.5) is 0 Å². The topological polar surface area (TPSA) is 17.1 Å². The van der Waals surface area contributed by atoms with Crippen molar-refractivity contribution in [2.24, 2.45) is 5.92 Å². The van der Waals surface area contributed by atoms with Gasteiger partial charge in [-0.3, -0.25) is 0 Å². The maximum absolute atomic E-state index is 10.7. The van der Waals surface area contributed by atoms with Crippen molar-refractivity contribution in [3.05, 3.63) is 22.4 Å². The molecule has 0 aliphatic heterocycles. The standard InChI is InChI=1S/C9H10OS/c10-6-8(7-3-4-7)9-2-1-5-11-9/h1-2,5-8H,3-4H2. The van der Waals surface area contributed by atoms with Gasteiger partial charge in [-0.15, -0.1) is 11.3 Å². The molecule has 0 spiro atoms. The summed E-state index contributed by atoms with van der Waals surface area (Å²) in [6.45, 7) is 0. The molecule has 58 valence electrons. The van der Waals surface area contributed by atoms with Crippen LogP contribution in [-0.2, 0) is 4.79 Å². The molecule has 1 saturated carbocycles. The average Bonchev–Trinajstić information content (AvgIpc) is 2.68. The Bertz CT molecular complexity index is 236. The highest BCUT2D eigenvalue weighted by Crippen LogP contribution is 2.42. The molecular formula is C9H10OS. The number of aldehydes is 1. The lowest BCUT2D eigenvalue weighted by molar-refractivity contribution is -0.109. The van der Waals surface area contributed by atoms with E-state index in [-0.39, 0.29) is 5.92 Å². The fourth-order valence-corrected chi connectivity index (χ4v) is 2.22. The zero-order chi connectivity index (χ0) is 7.68. The van der Waals surface area contributed by atoms with Crippen molar-refractivity contribution >= 4 is 17.6 Å². The summed E-state index contributed by atoms with van der Waals surface area (Å²) >= 11 is 1.69. The third-order valence-electron chi connectivity index (χ3n) is 2.15. The molecule has 11 heavy (non-hydrogen) atoms. The van der Waals surface area contributed by atoms with Gasteiger partial charge < -0.3 is 4.79 Å². The van der Waals surface area contributed by atoms with Gasteiger partial charge in [-0.25, -0.2) is 0 Å². The van der Waals surface area contributed by atoms with Crippen molar-refractivity contribution < 1.29 is 4.79 Å². The normalized spacial score (nSPS) is 19.6. The van der Waals surface area contributed by atoms with Gasteiger partial charge in [0, 0.05) is 4.88 Å². The second-order valence-corrected chi connectivity index (χ2v) is 3.99. The van der Waals surface area contributed by atoms with E-state index in [2.05, 4.69) is 6.07 Å². The lowest BCUT2D eigenvalue weighted by Gasteiger charge is -2.03. The van der Waals surface area contributed by atoms with Crippen LogP contribution < -0.4 is 0 Å². The number of carbonyl (C=O) groups excluding carboxylic acids is 1. The molecule has 0 N–H and O–H groups in total. The Labute approximate surface area is 70.1 Å². The number of rotatable bonds is 3. The SMILES string of the molecule is O=CC(c1cccs1)C1CC1. The van der Waals surface area contributed by atoms with Gasteiger partial charge in [0.1, 0.15) is 6.29 Å². The van der Waals surface area contributed by atoms with Crippen molar-refractivity contribution in [3.63, 3.8) is 0 Å². The molecule has 1 aromatic heterocycles. The summed E-state index contributed by atoms with van der Waals surface area (Å²) in [6, 6.07) is 4.07. The van der Waals surface area contributed by atoms with E-state index < -0.39 is 0 Å². The summed E-state index contributed by atoms with van der Waals surface area (Å²) in [5, 5.41) is 2.04. The first-order chi connectivity index (χ1) is 5.42. The zero-order valence-corrected chi connectivity index (χ0v) is 7.01. The molecule has 1 heterocycles. The predicted octanol–water partition coefficient (Wildman–Crippen LogP) is 2.44. The molecular weight excluding hydrogens is 156 g/mol. The van der Waals surface area contributed by atoms with Crippen LogP contribution >= 0.6 is 11.3 Å². The third-order valence-corrected chi connectivity index (χ3v) is 3.12. The summed E-state index contributed by atoms with van der Waals surface area (Å²) in [7, 11) is 0. The van der Waals surface area contributed by atoms with Crippen molar-refractivity contribution in [3.8, 4) is 0 Å². The smallest absolute Gasteiger partial charge is 0.128 e. The molecule has 0 bridgehead atoms. The Balaban J connectivity index is 2.17. The van der Waals surface area contributed by atoms with Gasteiger partial charge in [0.25, 0.3) is 0 Å². The second-order valence-electron chi connectivity index (χ2n) is 3.01. The van der Waals surface area contributed by atoms with Crippen LogP contribution in [0.1, 0.15) is 23.6 Å². The first kappa shape index (κ1) is 7.04. The van der Waals surface area contributed by atoms with E-state index in [1.54, 1.807) is 11.3 Å². The Hall–Kier alpha value is -0.630. The van der Waals surface area contributed by atoms with E-state index in [0.29, 0.717) is 5.92 Å². The van der Waals surface area contributed by atoms with E-state index in [4.69, 9.17) is 0 Å². The average molecular weight is 166 g/mol. The van der Waals surface area contributed by atoms with Gasteiger partial charge in [-0.2, -0.15) is 0 Å². The molecule has 1 unspecified atom stereocenters. The highest BCUT2D eigenvalue weighted by Gasteiger charge is 2.32. The fourth-order valence-electron chi connectivity index (χ4n) is 1.35. The first-order valence-corrected chi connectivity index (χ1v) is 4.78. The molecule has 0 radical (unpaired) electrons. The van der Waals surface area contributed by atoms with Crippen LogP contribution in [0.25, 0.3) is 0 Å². The van der Waals surface area contributed by atoms with Crippen molar-refractivity contribution in [1.82, 2.24) is 0 Å². The van der Waals surface area contributed by atoms with E-state index in [9.17, 15) is 4.79 Å². The number of hydrogen-bond donors (Lipinski definition) is 0. The molecule has 1 aliphatic rings. The molecule has 0 amide bonds. The molecule has 0 aromatic carbocycles. The summed E-state index contributed by atoms with van der Waals surface area (Å²) in [5.41, 5.74) is 0. The molecule has 2 heteroatoms. The van der Waals surface area contributed by atoms with Gasteiger partial charge in [-0.05, 0) is 30.2 Å². The van der Waals surface area contributed by atoms with Gasteiger partial charge >= 0.3 is 0 Å². The number of hydrogen-bond acceptors (Lipinski definition) is 2. The highest BCUT2D eigenvalue weighted by atomic mass is 32.1. The lowest BCUT2D eigenvalue weighted by atomic mass is 10.0. The zero-order valence-electron chi connectivity index (χ0n) is 6.19. The van der Waals surface area contributed by atoms with Gasteiger partial charge in [-0.1, -0.05) is 6.07 Å². The minimum Gasteiger partial charge on any atom is -0.303 e. The monoisotopic (exact) mass is 166 g/mol. The third kappa shape index (κ3) is 1.36. The first-order valence-electron chi connectivity index (χ1n) is 3.90. The number of carbonyl (C=O) groups is 1. The molecule has 1 fully saturated rings. The van der Waals surface area contributed by atoms with Crippen LogP contribution in [0.15, 0.2) is 17.5 Å². The van der Waals surface area contributed by atoms with Crippen LogP contribution in [0.2, 0.25) is 0 Å². The van der Waals surface area contributed by atoms with Gasteiger partial charge in [0.15, 0.2) is 0 Å². The Kier molecular flexibility index (Phi) is 1.78. The van der Waals surface area contributed by atoms with Gasteiger partial charge in [0.2, 0.25) is 0 Å². The molecule has 1 aliphatic carbocycles. The van der Waals surface area contributed by atoms with Crippen molar-refractivity contribution in [1.29, 1.82) is 0 Å². The highest BCUT2D eigenvalue weighted by molar-refractivity contribution is 7.10. The molecule has 0 saturated heterocycles. The minimum atomic E-state index is 0.204. The van der Waals surface area contributed by atoms with E-state index in [1.807, 2.05) is 11.4 Å².